The van der Waals surface area contributed by atoms with E-state index in [-0.39, 0.29) is 0 Å². The number of hydrogen-bond acceptors (Lipinski definition) is 3. The zero-order chi connectivity index (χ0) is 7.42. The fraction of sp³-hybridized carbons (Fsp3) is 1.00. The van der Waals surface area contributed by atoms with E-state index in [4.69, 9.17) is 4.74 Å². The minimum Gasteiger partial charge on any atom is -0.369 e. The molecular weight excluding hydrogens is 142 g/mol. The zero-order valence-electron chi connectivity index (χ0n) is 6.44. The summed E-state index contributed by atoms with van der Waals surface area (Å²) in [6.07, 6.45) is 5.40. The van der Waals surface area contributed by atoms with Crippen LogP contribution in [-0.2, 0) is 4.74 Å². The molecule has 2 bridgehead atoms. The maximum absolute atomic E-state index is 9.60. The average molecular weight is 155 g/mol. The smallest absolute Gasteiger partial charge is 0.0858 e. The predicted molar refractivity (Wildman–Crippen MR) is 38.3 cm³/mol. The first-order valence-electron chi connectivity index (χ1n) is 4.47. The molecule has 3 fully saturated rings. The molecule has 0 aromatic rings. The van der Waals surface area contributed by atoms with Gasteiger partial charge in [-0.1, -0.05) is 0 Å². The summed E-state index contributed by atoms with van der Waals surface area (Å²) in [5, 5.41) is 11.2. The molecule has 0 radical (unpaired) electrons. The highest BCUT2D eigenvalue weighted by Crippen LogP contribution is 2.42. The molecule has 62 valence electrons. The molecule has 3 heteroatoms. The Kier molecular flexibility index (Phi) is 1.15. The standard InChI is InChI=1S/C8H13NO2/c10-9-5-1-2-6(9)4-8-7(3-5)11-8/h5-8,10H,1-4H2. The van der Waals surface area contributed by atoms with Gasteiger partial charge in [0.2, 0.25) is 0 Å². The number of ether oxygens (including phenoxy) is 1. The van der Waals surface area contributed by atoms with E-state index in [1.165, 1.54) is 0 Å². The molecule has 0 amide bonds. The maximum atomic E-state index is 9.60. The molecule has 3 saturated heterocycles. The van der Waals surface area contributed by atoms with E-state index in [2.05, 4.69) is 0 Å². The van der Waals surface area contributed by atoms with Crippen LogP contribution in [0.1, 0.15) is 25.7 Å². The van der Waals surface area contributed by atoms with Crippen molar-refractivity contribution in [3.05, 3.63) is 0 Å². The lowest BCUT2D eigenvalue weighted by Gasteiger charge is -2.20. The number of epoxide rings is 1. The normalized spacial score (nSPS) is 55.4. The van der Waals surface area contributed by atoms with E-state index in [1.807, 2.05) is 0 Å². The summed E-state index contributed by atoms with van der Waals surface area (Å²) in [6, 6.07) is 0.801. The van der Waals surface area contributed by atoms with Crippen molar-refractivity contribution in [1.82, 2.24) is 5.06 Å². The largest absolute Gasteiger partial charge is 0.369 e. The molecule has 0 spiro atoms. The second kappa shape index (κ2) is 1.97. The highest BCUT2D eigenvalue weighted by molar-refractivity contribution is 4.99. The SMILES string of the molecule is ON1C2CCC1CC1OC1C2. The topological polar surface area (TPSA) is 36.0 Å². The van der Waals surface area contributed by atoms with E-state index in [0.29, 0.717) is 24.3 Å². The van der Waals surface area contributed by atoms with Gasteiger partial charge in [-0.15, -0.1) is 0 Å². The molecule has 3 aliphatic rings. The van der Waals surface area contributed by atoms with Crippen LogP contribution in [0.2, 0.25) is 0 Å². The van der Waals surface area contributed by atoms with Crippen molar-refractivity contribution in [2.75, 3.05) is 0 Å². The van der Waals surface area contributed by atoms with Crippen molar-refractivity contribution < 1.29 is 9.94 Å². The second-order valence-corrected chi connectivity index (χ2v) is 3.95. The van der Waals surface area contributed by atoms with Gasteiger partial charge in [-0.25, -0.2) is 0 Å². The lowest BCUT2D eigenvalue weighted by molar-refractivity contribution is -0.136. The van der Waals surface area contributed by atoms with Crippen LogP contribution >= 0.6 is 0 Å². The Bertz CT molecular complexity index is 167. The van der Waals surface area contributed by atoms with Crippen LogP contribution in [0.15, 0.2) is 0 Å². The van der Waals surface area contributed by atoms with Crippen molar-refractivity contribution in [1.29, 1.82) is 0 Å². The third-order valence-electron chi connectivity index (χ3n) is 3.28. The molecule has 0 aliphatic carbocycles. The number of hydroxylamine groups is 2. The summed E-state index contributed by atoms with van der Waals surface area (Å²) >= 11 is 0. The molecule has 0 saturated carbocycles. The Hall–Kier alpha value is -0.120. The number of nitrogens with zero attached hydrogens (tertiary/aromatic N) is 1. The van der Waals surface area contributed by atoms with Crippen molar-refractivity contribution >= 4 is 0 Å². The van der Waals surface area contributed by atoms with Crippen molar-refractivity contribution in [2.24, 2.45) is 0 Å². The molecule has 4 unspecified atom stereocenters. The van der Waals surface area contributed by atoms with E-state index >= 15 is 0 Å². The highest BCUT2D eigenvalue weighted by atomic mass is 16.6. The zero-order valence-corrected chi connectivity index (χ0v) is 6.44. The Morgan fingerprint density at radius 2 is 1.64 bits per heavy atom. The van der Waals surface area contributed by atoms with Crippen molar-refractivity contribution in [2.45, 2.75) is 50.0 Å². The van der Waals surface area contributed by atoms with E-state index in [0.717, 1.165) is 25.7 Å². The first-order valence-corrected chi connectivity index (χ1v) is 4.47. The molecule has 0 aromatic carbocycles. The Labute approximate surface area is 65.9 Å². The second-order valence-electron chi connectivity index (χ2n) is 3.95. The van der Waals surface area contributed by atoms with Gasteiger partial charge >= 0.3 is 0 Å². The van der Waals surface area contributed by atoms with Gasteiger partial charge in [-0.3, -0.25) is 0 Å². The van der Waals surface area contributed by atoms with Gasteiger partial charge in [0.15, 0.2) is 0 Å². The summed E-state index contributed by atoms with van der Waals surface area (Å²) in [5.74, 6) is 0. The van der Waals surface area contributed by atoms with Gasteiger partial charge in [-0.2, -0.15) is 5.06 Å². The summed E-state index contributed by atoms with van der Waals surface area (Å²) in [5.41, 5.74) is 0. The lowest BCUT2D eigenvalue weighted by atomic mass is 10.0. The predicted octanol–water partition coefficient (Wildman–Crippen LogP) is 0.770. The van der Waals surface area contributed by atoms with Gasteiger partial charge < -0.3 is 9.94 Å². The number of rotatable bonds is 0. The molecule has 1 N–H and O–H groups in total. The average Bonchev–Trinajstić information content (AvgIpc) is 2.56. The summed E-state index contributed by atoms with van der Waals surface area (Å²) < 4.78 is 5.45. The third-order valence-corrected chi connectivity index (χ3v) is 3.28. The molecule has 4 atom stereocenters. The van der Waals surface area contributed by atoms with E-state index in [1.54, 1.807) is 5.06 Å². The fourth-order valence-corrected chi connectivity index (χ4v) is 2.53. The van der Waals surface area contributed by atoms with Crippen LogP contribution in [0.3, 0.4) is 0 Å². The van der Waals surface area contributed by atoms with Crippen LogP contribution in [0.25, 0.3) is 0 Å². The molecule has 3 rings (SSSR count). The highest BCUT2D eigenvalue weighted by Gasteiger charge is 2.50. The van der Waals surface area contributed by atoms with Crippen LogP contribution < -0.4 is 0 Å². The fourth-order valence-electron chi connectivity index (χ4n) is 2.53. The van der Waals surface area contributed by atoms with E-state index < -0.39 is 0 Å². The summed E-state index contributed by atoms with van der Waals surface area (Å²) in [7, 11) is 0. The Morgan fingerprint density at radius 1 is 1.09 bits per heavy atom. The summed E-state index contributed by atoms with van der Waals surface area (Å²) in [4.78, 5) is 0. The first kappa shape index (κ1) is 6.40. The maximum Gasteiger partial charge on any atom is 0.0858 e. The first-order chi connectivity index (χ1) is 5.34. The van der Waals surface area contributed by atoms with Gasteiger partial charge in [0.1, 0.15) is 0 Å². The molecule has 3 aliphatic heterocycles. The minimum atomic E-state index is 0.400. The molecule has 11 heavy (non-hydrogen) atoms. The van der Waals surface area contributed by atoms with Crippen LogP contribution in [0, 0.1) is 0 Å². The number of fused-ring (bicyclic) bond motifs is 3. The van der Waals surface area contributed by atoms with Crippen LogP contribution in [0.5, 0.6) is 0 Å². The quantitative estimate of drug-likeness (QED) is 0.525. The molecule has 0 aromatic heterocycles. The van der Waals surface area contributed by atoms with Crippen LogP contribution in [-0.4, -0.2) is 34.6 Å². The van der Waals surface area contributed by atoms with Gasteiger partial charge in [0.25, 0.3) is 0 Å². The number of hydrogen-bond donors (Lipinski definition) is 1. The Balaban J connectivity index is 1.84. The Morgan fingerprint density at radius 3 is 2.18 bits per heavy atom. The molecule has 3 nitrogen and oxygen atoms in total. The molecular formula is C8H13NO2. The van der Waals surface area contributed by atoms with Crippen LogP contribution in [0.4, 0.5) is 0 Å². The van der Waals surface area contributed by atoms with E-state index in [9.17, 15) is 5.21 Å². The minimum absolute atomic E-state index is 0.400. The summed E-state index contributed by atoms with van der Waals surface area (Å²) in [6.45, 7) is 0. The van der Waals surface area contributed by atoms with Gasteiger partial charge in [0.05, 0.1) is 12.2 Å². The van der Waals surface area contributed by atoms with Gasteiger partial charge in [-0.05, 0) is 25.7 Å². The van der Waals surface area contributed by atoms with Gasteiger partial charge in [0, 0.05) is 12.1 Å². The molecule has 3 heterocycles. The third kappa shape index (κ3) is 0.849. The lowest BCUT2D eigenvalue weighted by Crippen LogP contribution is -2.32. The monoisotopic (exact) mass is 155 g/mol. The van der Waals surface area contributed by atoms with Crippen molar-refractivity contribution in [3.8, 4) is 0 Å². The van der Waals surface area contributed by atoms with Crippen molar-refractivity contribution in [3.63, 3.8) is 0 Å².